The van der Waals surface area contributed by atoms with Gasteiger partial charge in [0.25, 0.3) is 5.91 Å². The standard InChI is InChI=1S/C25H23FN2O2/c1-17-15-24(28(18(2)29)21-11-4-3-5-12-21)22-13-6-7-14-23(22)27(17)25(30)19-9-8-10-20(26)16-19/h3-14,16-17,24H,15H2,1-2H3/t17-,24-/m0/s1. The number of carbonyl (C=O) groups is 2. The summed E-state index contributed by atoms with van der Waals surface area (Å²) in [4.78, 5) is 29.4. The summed E-state index contributed by atoms with van der Waals surface area (Å²) in [5.74, 6) is -0.747. The summed E-state index contributed by atoms with van der Waals surface area (Å²) in [5, 5.41) is 0. The first-order chi connectivity index (χ1) is 14.5. The van der Waals surface area contributed by atoms with E-state index in [0.29, 0.717) is 12.0 Å². The fraction of sp³-hybridized carbons (Fsp3) is 0.200. The van der Waals surface area contributed by atoms with Gasteiger partial charge in [0.2, 0.25) is 5.91 Å². The molecule has 0 unspecified atom stereocenters. The highest BCUT2D eigenvalue weighted by Crippen LogP contribution is 2.42. The lowest BCUT2D eigenvalue weighted by molar-refractivity contribution is -0.117. The third-order valence-corrected chi connectivity index (χ3v) is 5.54. The minimum Gasteiger partial charge on any atom is -0.305 e. The number of para-hydroxylation sites is 2. The Kier molecular flexibility index (Phi) is 5.36. The van der Waals surface area contributed by atoms with E-state index in [9.17, 15) is 14.0 Å². The van der Waals surface area contributed by atoms with E-state index in [1.165, 1.54) is 12.1 Å². The average molecular weight is 402 g/mol. The summed E-state index contributed by atoms with van der Waals surface area (Å²) in [6.07, 6.45) is 0.576. The van der Waals surface area contributed by atoms with Gasteiger partial charge >= 0.3 is 0 Å². The number of anilines is 2. The molecule has 3 aromatic carbocycles. The summed E-state index contributed by atoms with van der Waals surface area (Å²) in [5.41, 5.74) is 2.78. The first-order valence-corrected chi connectivity index (χ1v) is 10.00. The number of carbonyl (C=O) groups excluding carboxylic acids is 2. The summed E-state index contributed by atoms with van der Waals surface area (Å²) in [7, 11) is 0. The molecule has 2 amide bonds. The zero-order chi connectivity index (χ0) is 21.3. The monoisotopic (exact) mass is 402 g/mol. The fourth-order valence-corrected chi connectivity index (χ4v) is 4.27. The van der Waals surface area contributed by atoms with E-state index in [1.807, 2.05) is 61.5 Å². The largest absolute Gasteiger partial charge is 0.305 e. The quantitative estimate of drug-likeness (QED) is 0.592. The topological polar surface area (TPSA) is 40.6 Å². The van der Waals surface area contributed by atoms with Crippen molar-refractivity contribution < 1.29 is 14.0 Å². The molecule has 4 rings (SSSR count). The van der Waals surface area contributed by atoms with E-state index in [2.05, 4.69) is 0 Å². The molecule has 0 aliphatic carbocycles. The van der Waals surface area contributed by atoms with E-state index >= 15 is 0 Å². The molecule has 0 radical (unpaired) electrons. The minimum absolute atomic E-state index is 0.0573. The maximum Gasteiger partial charge on any atom is 0.258 e. The van der Waals surface area contributed by atoms with Crippen LogP contribution in [0.1, 0.15) is 42.2 Å². The lowest BCUT2D eigenvalue weighted by atomic mass is 9.89. The normalized spacial score (nSPS) is 17.9. The Bertz CT molecular complexity index is 1080. The van der Waals surface area contributed by atoms with Gasteiger partial charge in [-0.05, 0) is 55.3 Å². The van der Waals surface area contributed by atoms with Crippen LogP contribution in [0.5, 0.6) is 0 Å². The molecule has 0 saturated carbocycles. The average Bonchev–Trinajstić information content (AvgIpc) is 2.74. The van der Waals surface area contributed by atoms with Crippen LogP contribution in [0.15, 0.2) is 78.9 Å². The summed E-state index contributed by atoms with van der Waals surface area (Å²) in [6.45, 7) is 3.52. The highest BCUT2D eigenvalue weighted by molar-refractivity contribution is 6.07. The van der Waals surface area contributed by atoms with Crippen molar-refractivity contribution in [2.24, 2.45) is 0 Å². The van der Waals surface area contributed by atoms with Crippen LogP contribution in [-0.2, 0) is 4.79 Å². The van der Waals surface area contributed by atoms with Gasteiger partial charge in [0.1, 0.15) is 5.82 Å². The van der Waals surface area contributed by atoms with Gasteiger partial charge in [-0.25, -0.2) is 4.39 Å². The van der Waals surface area contributed by atoms with Crippen molar-refractivity contribution in [1.82, 2.24) is 0 Å². The van der Waals surface area contributed by atoms with E-state index in [-0.39, 0.29) is 23.9 Å². The van der Waals surface area contributed by atoms with Crippen LogP contribution in [0.4, 0.5) is 15.8 Å². The smallest absolute Gasteiger partial charge is 0.258 e. The van der Waals surface area contributed by atoms with Crippen molar-refractivity contribution >= 4 is 23.2 Å². The Hall–Kier alpha value is -3.47. The Morgan fingerprint density at radius 3 is 2.37 bits per heavy atom. The first kappa shape index (κ1) is 19.8. The van der Waals surface area contributed by atoms with E-state index in [4.69, 9.17) is 0 Å². The molecule has 0 aromatic heterocycles. The van der Waals surface area contributed by atoms with Crippen LogP contribution in [0.2, 0.25) is 0 Å². The summed E-state index contributed by atoms with van der Waals surface area (Å²) in [6, 6.07) is 22.6. The van der Waals surface area contributed by atoms with Crippen LogP contribution >= 0.6 is 0 Å². The van der Waals surface area contributed by atoms with Gasteiger partial charge in [-0.2, -0.15) is 0 Å². The van der Waals surface area contributed by atoms with Gasteiger partial charge in [-0.15, -0.1) is 0 Å². The SMILES string of the molecule is CC(=O)N(c1ccccc1)[C@H]1C[C@H](C)N(C(=O)c2cccc(F)c2)c2ccccc21. The first-order valence-electron chi connectivity index (χ1n) is 10.00. The maximum atomic E-state index is 13.7. The lowest BCUT2D eigenvalue weighted by Crippen LogP contribution is -2.47. The molecular formula is C25H23FN2O2. The molecule has 0 spiro atoms. The number of hydrogen-bond donors (Lipinski definition) is 0. The molecule has 5 heteroatoms. The van der Waals surface area contributed by atoms with Gasteiger partial charge in [0.05, 0.1) is 6.04 Å². The molecule has 1 aliphatic heterocycles. The molecule has 2 atom stereocenters. The predicted octanol–water partition coefficient (Wildman–Crippen LogP) is 5.36. The fourth-order valence-electron chi connectivity index (χ4n) is 4.27. The van der Waals surface area contributed by atoms with Crippen molar-refractivity contribution in [3.63, 3.8) is 0 Å². The van der Waals surface area contributed by atoms with E-state index in [1.54, 1.807) is 28.9 Å². The molecule has 1 aliphatic rings. The highest BCUT2D eigenvalue weighted by atomic mass is 19.1. The number of hydrogen-bond acceptors (Lipinski definition) is 2. The molecule has 152 valence electrons. The van der Waals surface area contributed by atoms with Gasteiger partial charge in [-0.1, -0.05) is 42.5 Å². The third kappa shape index (κ3) is 3.59. The summed E-state index contributed by atoms with van der Waals surface area (Å²) >= 11 is 0. The molecule has 4 nitrogen and oxygen atoms in total. The number of rotatable bonds is 3. The second kappa shape index (κ2) is 8.11. The van der Waals surface area contributed by atoms with Crippen molar-refractivity contribution in [1.29, 1.82) is 0 Å². The molecule has 0 saturated heterocycles. The van der Waals surface area contributed by atoms with Crippen LogP contribution in [0.25, 0.3) is 0 Å². The zero-order valence-electron chi connectivity index (χ0n) is 17.0. The Balaban J connectivity index is 1.79. The molecule has 0 fully saturated rings. The molecule has 3 aromatic rings. The molecule has 1 heterocycles. The molecule has 30 heavy (non-hydrogen) atoms. The van der Waals surface area contributed by atoms with Crippen LogP contribution in [0, 0.1) is 5.82 Å². The highest BCUT2D eigenvalue weighted by Gasteiger charge is 2.38. The number of fused-ring (bicyclic) bond motifs is 1. The number of amides is 2. The number of halogens is 1. The van der Waals surface area contributed by atoms with Gasteiger partial charge in [0, 0.05) is 29.9 Å². The minimum atomic E-state index is -0.441. The second-order valence-corrected chi connectivity index (χ2v) is 7.57. The van der Waals surface area contributed by atoms with E-state index in [0.717, 1.165) is 16.9 Å². The summed E-state index contributed by atoms with van der Waals surface area (Å²) < 4.78 is 13.7. The molecule has 0 N–H and O–H groups in total. The lowest BCUT2D eigenvalue weighted by Gasteiger charge is -2.43. The van der Waals surface area contributed by atoms with Gasteiger partial charge in [0.15, 0.2) is 0 Å². The van der Waals surface area contributed by atoms with Crippen molar-refractivity contribution in [3.05, 3.63) is 95.8 Å². The van der Waals surface area contributed by atoms with Crippen LogP contribution < -0.4 is 9.80 Å². The Labute approximate surface area is 175 Å². The van der Waals surface area contributed by atoms with Crippen molar-refractivity contribution in [2.75, 3.05) is 9.80 Å². The number of benzene rings is 3. The number of nitrogens with zero attached hydrogens (tertiary/aromatic N) is 2. The molecule has 0 bridgehead atoms. The Morgan fingerprint density at radius 2 is 1.67 bits per heavy atom. The van der Waals surface area contributed by atoms with Crippen LogP contribution in [-0.4, -0.2) is 17.9 Å². The predicted molar refractivity (Wildman–Crippen MR) is 116 cm³/mol. The second-order valence-electron chi connectivity index (χ2n) is 7.57. The molecular weight excluding hydrogens is 379 g/mol. The van der Waals surface area contributed by atoms with Crippen LogP contribution in [0.3, 0.4) is 0 Å². The van der Waals surface area contributed by atoms with Crippen molar-refractivity contribution in [2.45, 2.75) is 32.4 Å². The van der Waals surface area contributed by atoms with E-state index < -0.39 is 5.82 Å². The third-order valence-electron chi connectivity index (χ3n) is 5.54. The van der Waals surface area contributed by atoms with Crippen molar-refractivity contribution in [3.8, 4) is 0 Å². The maximum absolute atomic E-state index is 13.7. The van der Waals surface area contributed by atoms with Gasteiger partial charge in [-0.3, -0.25) is 9.59 Å². The Morgan fingerprint density at radius 1 is 0.967 bits per heavy atom. The zero-order valence-corrected chi connectivity index (χ0v) is 17.0. The van der Waals surface area contributed by atoms with Gasteiger partial charge < -0.3 is 9.80 Å².